The van der Waals surface area contributed by atoms with Gasteiger partial charge in [0, 0.05) is 36.3 Å². The highest BCUT2D eigenvalue weighted by Gasteiger charge is 2.39. The van der Waals surface area contributed by atoms with Crippen LogP contribution in [0.1, 0.15) is 28.0 Å². The molecule has 134 valence electrons. The highest BCUT2D eigenvalue weighted by Crippen LogP contribution is 2.28. The molecule has 5 nitrogen and oxygen atoms in total. The molecule has 0 aliphatic carbocycles. The number of hydrogen-bond donors (Lipinski definition) is 1. The van der Waals surface area contributed by atoms with Gasteiger partial charge in [0.05, 0.1) is 5.56 Å². The number of piperidine rings is 1. The standard InChI is InChI=1S/C22H19N3O2/c26-22(24-19-13-25-11-9-16(19)12-25)20-21-18(8-10-23-20)17(14-27-21)7-6-15-4-2-1-3-5-15/h1-5,8,10,14,16,19H,9,11-13H2,(H,24,26)/t16-,19?/m0/s1. The van der Waals surface area contributed by atoms with Crippen LogP contribution in [-0.2, 0) is 0 Å². The van der Waals surface area contributed by atoms with Crippen LogP contribution in [0.3, 0.4) is 0 Å². The summed E-state index contributed by atoms with van der Waals surface area (Å²) in [5.74, 6) is 6.65. The topological polar surface area (TPSA) is 58.4 Å². The molecule has 1 N–H and O–H groups in total. The summed E-state index contributed by atoms with van der Waals surface area (Å²) in [4.78, 5) is 19.5. The molecule has 2 unspecified atom stereocenters. The number of carbonyl (C=O) groups excluding carboxylic acids is 1. The number of nitrogens with one attached hydrogen (secondary N) is 1. The Balaban J connectivity index is 1.42. The highest BCUT2D eigenvalue weighted by atomic mass is 16.3. The first kappa shape index (κ1) is 16.1. The van der Waals surface area contributed by atoms with Gasteiger partial charge in [-0.1, -0.05) is 30.0 Å². The van der Waals surface area contributed by atoms with Crippen LogP contribution in [0.4, 0.5) is 0 Å². The van der Waals surface area contributed by atoms with Gasteiger partial charge in [-0.25, -0.2) is 4.98 Å². The number of pyridine rings is 1. The summed E-state index contributed by atoms with van der Waals surface area (Å²) in [6.45, 7) is 3.16. The zero-order valence-corrected chi connectivity index (χ0v) is 14.8. The number of carbonyl (C=O) groups is 1. The van der Waals surface area contributed by atoms with Crippen molar-refractivity contribution < 1.29 is 9.21 Å². The van der Waals surface area contributed by atoms with Crippen molar-refractivity contribution in [2.75, 3.05) is 19.6 Å². The summed E-state index contributed by atoms with van der Waals surface area (Å²) in [7, 11) is 0. The Morgan fingerprint density at radius 3 is 2.85 bits per heavy atom. The van der Waals surface area contributed by atoms with Crippen LogP contribution in [-0.4, -0.2) is 41.5 Å². The van der Waals surface area contributed by atoms with Crippen LogP contribution < -0.4 is 5.32 Å². The van der Waals surface area contributed by atoms with Gasteiger partial charge in [0.25, 0.3) is 5.91 Å². The second-order valence-electron chi connectivity index (χ2n) is 7.19. The van der Waals surface area contributed by atoms with Gasteiger partial charge >= 0.3 is 0 Å². The van der Waals surface area contributed by atoms with Crippen molar-refractivity contribution in [1.29, 1.82) is 0 Å². The fourth-order valence-corrected chi connectivity index (χ4v) is 4.06. The number of furan rings is 1. The SMILES string of the molecule is O=C(NC1CN2CC[C@H]1C2)c1nccc2c(C#Cc3ccccc3)coc12. The number of fused-ring (bicyclic) bond motifs is 3. The number of amides is 1. The molecule has 2 aliphatic rings. The second kappa shape index (κ2) is 6.57. The first-order valence-electron chi connectivity index (χ1n) is 9.24. The van der Waals surface area contributed by atoms with Gasteiger partial charge in [0.15, 0.2) is 11.3 Å². The van der Waals surface area contributed by atoms with Crippen molar-refractivity contribution in [2.45, 2.75) is 12.5 Å². The molecule has 0 spiro atoms. The Morgan fingerprint density at radius 2 is 2.07 bits per heavy atom. The van der Waals surface area contributed by atoms with Crippen molar-refractivity contribution in [3.8, 4) is 11.8 Å². The van der Waals surface area contributed by atoms with Crippen LogP contribution in [0.5, 0.6) is 0 Å². The van der Waals surface area contributed by atoms with Crippen LogP contribution in [0.25, 0.3) is 11.0 Å². The van der Waals surface area contributed by atoms with Crippen LogP contribution >= 0.6 is 0 Å². The van der Waals surface area contributed by atoms with Gasteiger partial charge in [0.1, 0.15) is 6.26 Å². The first-order chi connectivity index (χ1) is 13.3. The van der Waals surface area contributed by atoms with Crippen molar-refractivity contribution in [1.82, 2.24) is 15.2 Å². The first-order valence-corrected chi connectivity index (χ1v) is 9.24. The van der Waals surface area contributed by atoms with Crippen molar-refractivity contribution in [3.63, 3.8) is 0 Å². The molecule has 3 atom stereocenters. The lowest BCUT2D eigenvalue weighted by atomic mass is 10.00. The molecule has 2 bridgehead atoms. The molecule has 2 fully saturated rings. The third-order valence-electron chi connectivity index (χ3n) is 5.47. The zero-order valence-electron chi connectivity index (χ0n) is 14.8. The monoisotopic (exact) mass is 357 g/mol. The second-order valence-corrected chi connectivity index (χ2v) is 7.19. The maximum absolute atomic E-state index is 12.8. The van der Waals surface area contributed by atoms with E-state index in [0.29, 0.717) is 17.2 Å². The average molecular weight is 357 g/mol. The summed E-state index contributed by atoms with van der Waals surface area (Å²) >= 11 is 0. The highest BCUT2D eigenvalue weighted by molar-refractivity contribution is 6.04. The van der Waals surface area contributed by atoms with E-state index in [2.05, 4.69) is 27.0 Å². The Hall–Kier alpha value is -3.10. The average Bonchev–Trinajstić information content (AvgIpc) is 3.42. The molecule has 3 aromatic rings. The fourth-order valence-electron chi connectivity index (χ4n) is 4.06. The maximum atomic E-state index is 12.8. The number of nitrogens with zero attached hydrogens (tertiary/aromatic N) is 2. The fraction of sp³-hybridized carbons (Fsp3) is 0.273. The molecule has 2 saturated heterocycles. The van der Waals surface area contributed by atoms with E-state index in [1.165, 1.54) is 0 Å². The van der Waals surface area contributed by atoms with Crippen molar-refractivity contribution >= 4 is 16.9 Å². The van der Waals surface area contributed by atoms with E-state index in [9.17, 15) is 4.79 Å². The number of aromatic nitrogens is 1. The summed E-state index contributed by atoms with van der Waals surface area (Å²) in [5.41, 5.74) is 2.52. The predicted molar refractivity (Wildman–Crippen MR) is 102 cm³/mol. The Bertz CT molecular complexity index is 1060. The van der Waals surface area contributed by atoms with Gasteiger partial charge in [-0.3, -0.25) is 4.79 Å². The summed E-state index contributed by atoms with van der Waals surface area (Å²) in [6.07, 6.45) is 4.40. The Morgan fingerprint density at radius 1 is 1.19 bits per heavy atom. The largest absolute Gasteiger partial charge is 0.460 e. The van der Waals surface area contributed by atoms with E-state index >= 15 is 0 Å². The molecule has 1 aromatic carbocycles. The van der Waals surface area contributed by atoms with Crippen molar-refractivity contribution in [3.05, 3.63) is 65.7 Å². The zero-order chi connectivity index (χ0) is 18.2. The van der Waals surface area contributed by atoms with Crippen LogP contribution in [0.2, 0.25) is 0 Å². The molecule has 4 heterocycles. The molecule has 0 radical (unpaired) electrons. The summed E-state index contributed by atoms with van der Waals surface area (Å²) < 4.78 is 5.68. The lowest BCUT2D eigenvalue weighted by Crippen LogP contribution is -2.43. The molecule has 2 aromatic heterocycles. The van der Waals surface area contributed by atoms with E-state index in [-0.39, 0.29) is 11.9 Å². The molecule has 5 rings (SSSR count). The van der Waals surface area contributed by atoms with E-state index in [4.69, 9.17) is 4.42 Å². The summed E-state index contributed by atoms with van der Waals surface area (Å²) in [6, 6.07) is 11.8. The third kappa shape index (κ3) is 2.98. The Kier molecular flexibility index (Phi) is 3.92. The number of benzene rings is 1. The van der Waals surface area contributed by atoms with Crippen LogP contribution in [0, 0.1) is 17.8 Å². The molecule has 2 aliphatic heterocycles. The minimum atomic E-state index is -0.170. The lowest BCUT2D eigenvalue weighted by molar-refractivity contribution is 0.0920. The van der Waals surface area contributed by atoms with Crippen LogP contribution in [0.15, 0.2) is 53.3 Å². The molecular weight excluding hydrogens is 338 g/mol. The van der Waals surface area contributed by atoms with Gasteiger partial charge in [-0.15, -0.1) is 0 Å². The quantitative estimate of drug-likeness (QED) is 0.717. The smallest absolute Gasteiger partial charge is 0.274 e. The van der Waals surface area contributed by atoms with Gasteiger partial charge < -0.3 is 14.6 Å². The summed E-state index contributed by atoms with van der Waals surface area (Å²) in [5, 5.41) is 3.96. The van der Waals surface area contributed by atoms with E-state index < -0.39 is 0 Å². The number of rotatable bonds is 2. The van der Waals surface area contributed by atoms with E-state index in [1.54, 1.807) is 12.5 Å². The maximum Gasteiger partial charge on any atom is 0.274 e. The van der Waals surface area contributed by atoms with E-state index in [0.717, 1.165) is 42.6 Å². The molecule has 1 amide bonds. The minimum Gasteiger partial charge on any atom is -0.460 e. The normalized spacial score (nSPS) is 23.2. The van der Waals surface area contributed by atoms with Gasteiger partial charge in [0.2, 0.25) is 0 Å². The molecule has 0 saturated carbocycles. The van der Waals surface area contributed by atoms with Crippen molar-refractivity contribution in [2.24, 2.45) is 5.92 Å². The van der Waals surface area contributed by atoms with E-state index in [1.807, 2.05) is 36.4 Å². The predicted octanol–water partition coefficient (Wildman–Crippen LogP) is 2.66. The minimum absolute atomic E-state index is 0.170. The molecular formula is C22H19N3O2. The third-order valence-corrected chi connectivity index (χ3v) is 5.47. The Labute approximate surface area is 157 Å². The lowest BCUT2D eigenvalue weighted by Gasteiger charge is -2.22. The van der Waals surface area contributed by atoms with Gasteiger partial charge in [-0.2, -0.15) is 0 Å². The van der Waals surface area contributed by atoms with Gasteiger partial charge in [-0.05, 0) is 37.1 Å². The molecule has 27 heavy (non-hydrogen) atoms. The molecule has 5 heteroatoms. The number of hydrogen-bond acceptors (Lipinski definition) is 4.